The van der Waals surface area contributed by atoms with E-state index in [1.807, 2.05) is 19.9 Å². The first-order valence-electron chi connectivity index (χ1n) is 5.64. The van der Waals surface area contributed by atoms with Gasteiger partial charge in [-0.3, -0.25) is 4.79 Å². The van der Waals surface area contributed by atoms with E-state index in [-0.39, 0.29) is 18.6 Å². The van der Waals surface area contributed by atoms with E-state index in [2.05, 4.69) is 5.32 Å². The third kappa shape index (κ3) is 4.02. The third-order valence-electron chi connectivity index (χ3n) is 2.42. The number of hydrogen-bond acceptors (Lipinski definition) is 4. The summed E-state index contributed by atoms with van der Waals surface area (Å²) >= 11 is 1.43. The van der Waals surface area contributed by atoms with Crippen LogP contribution in [0, 0.1) is 6.92 Å². The van der Waals surface area contributed by atoms with E-state index < -0.39 is 0 Å². The van der Waals surface area contributed by atoms with Crippen molar-refractivity contribution in [2.45, 2.75) is 32.7 Å². The summed E-state index contributed by atoms with van der Waals surface area (Å²) in [5, 5.41) is 11.6. The van der Waals surface area contributed by atoms with Crippen molar-refractivity contribution in [1.29, 1.82) is 0 Å². The molecule has 0 aromatic carbocycles. The van der Waals surface area contributed by atoms with Gasteiger partial charge in [0, 0.05) is 17.5 Å². The molecule has 0 aliphatic heterocycles. The Morgan fingerprint density at radius 1 is 1.65 bits per heavy atom. The van der Waals surface area contributed by atoms with Crippen LogP contribution in [0.4, 0.5) is 0 Å². The molecular formula is C12H19NO3S. The highest BCUT2D eigenvalue weighted by atomic mass is 32.1. The quantitative estimate of drug-likeness (QED) is 0.819. The molecule has 5 heteroatoms. The zero-order valence-electron chi connectivity index (χ0n) is 10.4. The molecule has 0 spiro atoms. The van der Waals surface area contributed by atoms with Crippen molar-refractivity contribution >= 4 is 17.2 Å². The molecule has 96 valence electrons. The molecule has 17 heavy (non-hydrogen) atoms. The Hall–Kier alpha value is -1.07. The van der Waals surface area contributed by atoms with Crippen LogP contribution in [0.5, 0.6) is 5.75 Å². The molecule has 1 amide bonds. The second-order valence-electron chi connectivity index (χ2n) is 3.99. The molecule has 1 aromatic heterocycles. The van der Waals surface area contributed by atoms with Crippen LogP contribution < -0.4 is 10.1 Å². The fourth-order valence-electron chi connectivity index (χ4n) is 1.56. The van der Waals surface area contributed by atoms with Crippen LogP contribution in [-0.2, 0) is 0 Å². The molecule has 1 unspecified atom stereocenters. The zero-order valence-corrected chi connectivity index (χ0v) is 11.3. The van der Waals surface area contributed by atoms with Crippen LogP contribution in [0.25, 0.3) is 0 Å². The van der Waals surface area contributed by atoms with Crippen molar-refractivity contribution < 1.29 is 14.6 Å². The van der Waals surface area contributed by atoms with Gasteiger partial charge in [-0.05, 0) is 32.8 Å². The lowest BCUT2D eigenvalue weighted by Gasteiger charge is -2.12. The number of thiophene rings is 1. The van der Waals surface area contributed by atoms with Gasteiger partial charge in [-0.15, -0.1) is 11.3 Å². The number of aliphatic hydroxyl groups is 1. The lowest BCUT2D eigenvalue weighted by Crippen LogP contribution is -2.32. The van der Waals surface area contributed by atoms with Crippen molar-refractivity contribution in [3.8, 4) is 5.75 Å². The molecule has 2 N–H and O–H groups in total. The highest BCUT2D eigenvalue weighted by Crippen LogP contribution is 2.28. The Balaban J connectivity index is 2.62. The number of rotatable bonds is 6. The summed E-state index contributed by atoms with van der Waals surface area (Å²) in [6, 6.07) is 1.92. The monoisotopic (exact) mass is 257 g/mol. The smallest absolute Gasteiger partial charge is 0.265 e. The molecule has 0 saturated heterocycles. The number of carbonyl (C=O) groups excluding carboxylic acids is 1. The number of hydrogen-bond donors (Lipinski definition) is 2. The number of methoxy groups -OCH3 is 1. The first kappa shape index (κ1) is 14.0. The number of ether oxygens (including phenoxy) is 1. The summed E-state index contributed by atoms with van der Waals surface area (Å²) < 4.78 is 5.16. The molecule has 1 rings (SSSR count). The number of aryl methyl sites for hydroxylation is 1. The number of aliphatic hydroxyl groups excluding tert-OH is 1. The van der Waals surface area contributed by atoms with Crippen molar-refractivity contribution in [3.63, 3.8) is 0 Å². The summed E-state index contributed by atoms with van der Waals surface area (Å²) in [7, 11) is 1.56. The first-order valence-corrected chi connectivity index (χ1v) is 6.46. The number of nitrogens with one attached hydrogen (secondary N) is 1. The topological polar surface area (TPSA) is 58.6 Å². The molecule has 0 bridgehead atoms. The van der Waals surface area contributed by atoms with Gasteiger partial charge in [-0.25, -0.2) is 0 Å². The van der Waals surface area contributed by atoms with Crippen LogP contribution >= 0.6 is 11.3 Å². The average molecular weight is 257 g/mol. The third-order valence-corrected chi connectivity index (χ3v) is 3.45. The Morgan fingerprint density at radius 2 is 2.35 bits per heavy atom. The lowest BCUT2D eigenvalue weighted by atomic mass is 10.2. The van der Waals surface area contributed by atoms with Crippen molar-refractivity contribution in [2.24, 2.45) is 0 Å². The highest BCUT2D eigenvalue weighted by molar-refractivity contribution is 7.14. The van der Waals surface area contributed by atoms with Gasteiger partial charge in [0.1, 0.15) is 10.6 Å². The lowest BCUT2D eigenvalue weighted by molar-refractivity contribution is 0.0938. The van der Waals surface area contributed by atoms with E-state index in [1.165, 1.54) is 11.3 Å². The van der Waals surface area contributed by atoms with Crippen LogP contribution in [0.3, 0.4) is 0 Å². The molecule has 1 aromatic rings. The van der Waals surface area contributed by atoms with Crippen LogP contribution in [0.15, 0.2) is 6.07 Å². The van der Waals surface area contributed by atoms with Gasteiger partial charge in [0.2, 0.25) is 0 Å². The maximum Gasteiger partial charge on any atom is 0.265 e. The van der Waals surface area contributed by atoms with Gasteiger partial charge >= 0.3 is 0 Å². The minimum absolute atomic E-state index is 0.0572. The largest absolute Gasteiger partial charge is 0.495 e. The fraction of sp³-hybridized carbons (Fsp3) is 0.583. The summed E-state index contributed by atoms with van der Waals surface area (Å²) in [5.74, 6) is 0.518. The summed E-state index contributed by atoms with van der Waals surface area (Å²) in [4.78, 5) is 13.6. The van der Waals surface area contributed by atoms with E-state index in [1.54, 1.807) is 7.11 Å². The van der Waals surface area contributed by atoms with E-state index in [0.29, 0.717) is 17.0 Å². The van der Waals surface area contributed by atoms with Gasteiger partial charge < -0.3 is 15.2 Å². The van der Waals surface area contributed by atoms with Crippen molar-refractivity contribution in [3.05, 3.63) is 15.8 Å². The van der Waals surface area contributed by atoms with Crippen molar-refractivity contribution in [2.75, 3.05) is 13.7 Å². The first-order chi connectivity index (χ1) is 8.08. The normalized spacial score (nSPS) is 12.2. The van der Waals surface area contributed by atoms with Gasteiger partial charge in [-0.1, -0.05) is 0 Å². The Morgan fingerprint density at radius 3 is 2.94 bits per heavy atom. The molecule has 1 atom stereocenters. The van der Waals surface area contributed by atoms with Gasteiger partial charge in [0.05, 0.1) is 7.11 Å². The highest BCUT2D eigenvalue weighted by Gasteiger charge is 2.17. The SMILES string of the molecule is COc1cc(C)sc1C(=O)NC(C)CCCO. The second kappa shape index (κ2) is 6.61. The molecule has 1 heterocycles. The fourth-order valence-corrected chi connectivity index (χ4v) is 2.44. The molecule has 0 fully saturated rings. The summed E-state index contributed by atoms with van der Waals surface area (Å²) in [5.41, 5.74) is 0. The minimum atomic E-state index is -0.106. The standard InChI is InChI=1S/C12H19NO3S/c1-8(5-4-6-14)13-12(15)11-10(16-3)7-9(2)17-11/h7-8,14H,4-6H2,1-3H3,(H,13,15). The van der Waals surface area contributed by atoms with Gasteiger partial charge in [0.15, 0.2) is 0 Å². The van der Waals surface area contributed by atoms with Gasteiger partial charge in [-0.2, -0.15) is 0 Å². The predicted octanol–water partition coefficient (Wildman–Crippen LogP) is 1.96. The minimum Gasteiger partial charge on any atom is -0.495 e. The molecule has 0 saturated carbocycles. The van der Waals surface area contributed by atoms with Gasteiger partial charge in [0.25, 0.3) is 5.91 Å². The zero-order chi connectivity index (χ0) is 12.8. The molecule has 0 aliphatic rings. The predicted molar refractivity (Wildman–Crippen MR) is 68.9 cm³/mol. The Kier molecular flexibility index (Phi) is 5.44. The number of amides is 1. The van der Waals surface area contributed by atoms with Crippen LogP contribution in [0.1, 0.15) is 34.3 Å². The number of carbonyl (C=O) groups is 1. The van der Waals surface area contributed by atoms with E-state index in [9.17, 15) is 4.79 Å². The summed E-state index contributed by atoms with van der Waals surface area (Å²) in [6.07, 6.45) is 1.47. The van der Waals surface area contributed by atoms with Crippen LogP contribution in [-0.4, -0.2) is 30.8 Å². The summed E-state index contributed by atoms with van der Waals surface area (Å²) in [6.45, 7) is 4.03. The maximum atomic E-state index is 12.0. The maximum absolute atomic E-state index is 12.0. The molecule has 0 aliphatic carbocycles. The average Bonchev–Trinajstić information content (AvgIpc) is 2.67. The van der Waals surface area contributed by atoms with E-state index in [0.717, 1.165) is 11.3 Å². The van der Waals surface area contributed by atoms with E-state index in [4.69, 9.17) is 9.84 Å². The second-order valence-corrected chi connectivity index (χ2v) is 5.25. The Labute approximate surface area is 106 Å². The van der Waals surface area contributed by atoms with Crippen molar-refractivity contribution in [1.82, 2.24) is 5.32 Å². The molecule has 0 radical (unpaired) electrons. The van der Waals surface area contributed by atoms with E-state index >= 15 is 0 Å². The molecular weight excluding hydrogens is 238 g/mol. The molecule has 4 nitrogen and oxygen atoms in total. The van der Waals surface area contributed by atoms with Crippen LogP contribution in [0.2, 0.25) is 0 Å². The Bertz CT molecular complexity index is 376.